The molecule has 22 heavy (non-hydrogen) atoms. The average Bonchev–Trinajstić information content (AvgIpc) is 2.46. The molecule has 0 aliphatic rings. The zero-order valence-electron chi connectivity index (χ0n) is 13.3. The third-order valence-electron chi connectivity index (χ3n) is 3.61. The molecule has 122 valence electrons. The van der Waals surface area contributed by atoms with Crippen LogP contribution in [0.2, 0.25) is 0 Å². The van der Waals surface area contributed by atoms with Gasteiger partial charge in [-0.1, -0.05) is 45.7 Å². The lowest BCUT2D eigenvalue weighted by Crippen LogP contribution is -2.36. The van der Waals surface area contributed by atoms with Crippen LogP contribution in [0.5, 0.6) is 0 Å². The van der Waals surface area contributed by atoms with E-state index in [4.69, 9.17) is 5.11 Å². The summed E-state index contributed by atoms with van der Waals surface area (Å²) in [6.07, 6.45) is 2.31. The molecule has 0 saturated heterocycles. The van der Waals surface area contributed by atoms with Crippen molar-refractivity contribution >= 4 is 11.7 Å². The molecule has 2 N–H and O–H groups in total. The third-order valence-corrected chi connectivity index (χ3v) is 3.61. The van der Waals surface area contributed by atoms with E-state index < -0.39 is 12.0 Å². The minimum Gasteiger partial charge on any atom is -0.480 e. The zero-order valence-corrected chi connectivity index (χ0v) is 13.3. The van der Waals surface area contributed by atoms with Crippen LogP contribution >= 0.6 is 0 Å². The normalized spacial score (nSPS) is 12.4. The Kier molecular flexibility index (Phi) is 6.98. The van der Waals surface area contributed by atoms with Crippen molar-refractivity contribution in [2.24, 2.45) is 0 Å². The molecule has 0 aliphatic heterocycles. The molecule has 0 aromatic heterocycles. The summed E-state index contributed by atoms with van der Waals surface area (Å²) in [5.74, 6) is -0.819. The van der Waals surface area contributed by atoms with E-state index >= 15 is 0 Å². The summed E-state index contributed by atoms with van der Waals surface area (Å²) < 4.78 is 0. The van der Waals surface area contributed by atoms with Crippen LogP contribution < -0.4 is 5.32 Å². The summed E-state index contributed by atoms with van der Waals surface area (Å²) in [5.41, 5.74) is 1.50. The Labute approximate surface area is 130 Å². The van der Waals surface area contributed by atoms with Crippen LogP contribution in [-0.4, -0.2) is 22.0 Å². The van der Waals surface area contributed by atoms with Crippen LogP contribution in [0.4, 0.5) is 5.69 Å². The van der Waals surface area contributed by atoms with Crippen molar-refractivity contribution in [3.63, 3.8) is 0 Å². The Morgan fingerprint density at radius 3 is 2.59 bits per heavy atom. The van der Waals surface area contributed by atoms with Crippen molar-refractivity contribution in [1.82, 2.24) is 5.32 Å². The van der Waals surface area contributed by atoms with Crippen LogP contribution in [0.15, 0.2) is 18.2 Å². The maximum absolute atomic E-state index is 11.2. The van der Waals surface area contributed by atoms with Crippen molar-refractivity contribution in [3.05, 3.63) is 39.4 Å². The monoisotopic (exact) mass is 308 g/mol. The number of carbonyl (C=O) groups is 1. The number of nitrogens with one attached hydrogen (secondary N) is 1. The van der Waals surface area contributed by atoms with Crippen molar-refractivity contribution in [3.8, 4) is 0 Å². The van der Waals surface area contributed by atoms with Gasteiger partial charge in [0.15, 0.2) is 0 Å². The van der Waals surface area contributed by atoms with Gasteiger partial charge in [-0.3, -0.25) is 14.9 Å². The summed E-state index contributed by atoms with van der Waals surface area (Å²) >= 11 is 0. The molecule has 0 spiro atoms. The number of hydrogen-bond donors (Lipinski definition) is 2. The molecular weight excluding hydrogens is 284 g/mol. The van der Waals surface area contributed by atoms with Gasteiger partial charge in [0.25, 0.3) is 5.69 Å². The maximum atomic E-state index is 11.2. The molecule has 0 amide bonds. The van der Waals surface area contributed by atoms with Gasteiger partial charge in [0.05, 0.1) is 4.92 Å². The third kappa shape index (κ3) is 5.11. The van der Waals surface area contributed by atoms with Gasteiger partial charge < -0.3 is 10.4 Å². The number of nitro groups is 1. The quantitative estimate of drug-likeness (QED) is 0.538. The molecule has 1 aromatic rings. The highest BCUT2D eigenvalue weighted by molar-refractivity contribution is 5.73. The van der Waals surface area contributed by atoms with Crippen LogP contribution in [0, 0.1) is 10.1 Å². The minimum atomic E-state index is -0.887. The largest absolute Gasteiger partial charge is 0.480 e. The molecule has 0 bridgehead atoms. The predicted octanol–water partition coefficient (Wildman–Crippen LogP) is 3.45. The van der Waals surface area contributed by atoms with Gasteiger partial charge in [-0.2, -0.15) is 0 Å². The van der Waals surface area contributed by atoms with Gasteiger partial charge >= 0.3 is 5.97 Å². The number of carboxylic acid groups (broad SMARTS) is 1. The van der Waals surface area contributed by atoms with Crippen LogP contribution in [0.3, 0.4) is 0 Å². The molecule has 0 fully saturated rings. The molecule has 6 nitrogen and oxygen atoms in total. The fourth-order valence-electron chi connectivity index (χ4n) is 2.31. The number of aliphatic carboxylic acids is 1. The lowest BCUT2D eigenvalue weighted by molar-refractivity contribution is -0.385. The molecule has 0 saturated carbocycles. The van der Waals surface area contributed by atoms with E-state index in [0.29, 0.717) is 18.5 Å². The minimum absolute atomic E-state index is 0.0683. The molecule has 0 unspecified atom stereocenters. The van der Waals surface area contributed by atoms with Gasteiger partial charge in [-0.15, -0.1) is 0 Å². The smallest absolute Gasteiger partial charge is 0.320 e. The van der Waals surface area contributed by atoms with E-state index in [-0.39, 0.29) is 16.5 Å². The number of nitro benzene ring substituents is 1. The molecule has 0 radical (unpaired) electrons. The second-order valence-electron chi connectivity index (χ2n) is 5.72. The Morgan fingerprint density at radius 2 is 2.09 bits per heavy atom. The SMILES string of the molecule is CCCC[C@H](NCc1ccc(C(C)C)c([N+](=O)[O-])c1)C(=O)O. The van der Waals surface area contributed by atoms with Gasteiger partial charge in [0, 0.05) is 18.2 Å². The lowest BCUT2D eigenvalue weighted by Gasteiger charge is -2.14. The van der Waals surface area contributed by atoms with E-state index in [1.165, 1.54) is 6.07 Å². The maximum Gasteiger partial charge on any atom is 0.320 e. The number of hydrogen-bond acceptors (Lipinski definition) is 4. The van der Waals surface area contributed by atoms with Crippen LogP contribution in [0.25, 0.3) is 0 Å². The van der Waals surface area contributed by atoms with Crippen molar-refractivity contribution < 1.29 is 14.8 Å². The van der Waals surface area contributed by atoms with E-state index in [9.17, 15) is 14.9 Å². The number of nitrogens with zero attached hydrogens (tertiary/aromatic N) is 1. The van der Waals surface area contributed by atoms with E-state index in [2.05, 4.69) is 5.32 Å². The molecular formula is C16H24N2O4. The number of rotatable bonds is 9. The first-order valence-electron chi connectivity index (χ1n) is 7.60. The van der Waals surface area contributed by atoms with Gasteiger partial charge in [-0.25, -0.2) is 0 Å². The second-order valence-corrected chi connectivity index (χ2v) is 5.72. The van der Waals surface area contributed by atoms with E-state index in [1.807, 2.05) is 26.8 Å². The van der Waals surface area contributed by atoms with E-state index in [0.717, 1.165) is 18.4 Å². The molecule has 6 heteroatoms. The topological polar surface area (TPSA) is 92.5 Å². The highest BCUT2D eigenvalue weighted by Gasteiger charge is 2.19. The van der Waals surface area contributed by atoms with Crippen LogP contribution in [-0.2, 0) is 11.3 Å². The van der Waals surface area contributed by atoms with Crippen molar-refractivity contribution in [2.75, 3.05) is 0 Å². The first-order valence-corrected chi connectivity index (χ1v) is 7.60. The second kappa shape index (κ2) is 8.48. The summed E-state index contributed by atoms with van der Waals surface area (Å²) in [4.78, 5) is 21.9. The van der Waals surface area contributed by atoms with E-state index in [1.54, 1.807) is 6.07 Å². The molecule has 1 rings (SSSR count). The lowest BCUT2D eigenvalue weighted by atomic mass is 9.99. The summed E-state index contributed by atoms with van der Waals surface area (Å²) in [6.45, 7) is 6.13. The fraction of sp³-hybridized carbons (Fsp3) is 0.562. The first-order chi connectivity index (χ1) is 10.4. The highest BCUT2D eigenvalue weighted by atomic mass is 16.6. The Balaban J connectivity index is 2.83. The Morgan fingerprint density at radius 1 is 1.41 bits per heavy atom. The molecule has 0 heterocycles. The Bertz CT molecular complexity index is 529. The number of carboxylic acids is 1. The molecule has 1 aromatic carbocycles. The highest BCUT2D eigenvalue weighted by Crippen LogP contribution is 2.27. The summed E-state index contributed by atoms with van der Waals surface area (Å²) in [5, 5.41) is 23.3. The number of unbranched alkanes of at least 4 members (excludes halogenated alkanes) is 1. The Hall–Kier alpha value is -1.95. The van der Waals surface area contributed by atoms with Crippen LogP contribution in [0.1, 0.15) is 57.1 Å². The predicted molar refractivity (Wildman–Crippen MR) is 85.0 cm³/mol. The van der Waals surface area contributed by atoms with Gasteiger partial charge in [0.2, 0.25) is 0 Å². The van der Waals surface area contributed by atoms with Crippen molar-refractivity contribution in [1.29, 1.82) is 0 Å². The molecule has 1 atom stereocenters. The summed E-state index contributed by atoms with van der Waals surface area (Å²) in [7, 11) is 0. The zero-order chi connectivity index (χ0) is 16.7. The molecule has 0 aliphatic carbocycles. The van der Waals surface area contributed by atoms with Gasteiger partial charge in [0.1, 0.15) is 6.04 Å². The summed E-state index contributed by atoms with van der Waals surface area (Å²) in [6, 6.07) is 4.47. The fourth-order valence-corrected chi connectivity index (χ4v) is 2.31. The van der Waals surface area contributed by atoms with Gasteiger partial charge in [-0.05, 0) is 17.9 Å². The first kappa shape index (κ1) is 18.1. The standard InChI is InChI=1S/C16H24N2O4/c1-4-5-6-14(16(19)20)17-10-12-7-8-13(11(2)3)15(9-12)18(21)22/h7-9,11,14,17H,4-6,10H2,1-3H3,(H,19,20)/t14-/m0/s1. The number of benzene rings is 1. The van der Waals surface area contributed by atoms with Crippen molar-refractivity contribution in [2.45, 2.75) is 58.5 Å². The average molecular weight is 308 g/mol.